The molecule has 0 N–H and O–H groups in total. The van der Waals surface area contributed by atoms with E-state index in [1.807, 2.05) is 54.6 Å². The molecule has 5 rings (SSSR count). The number of benzene rings is 3. The van der Waals surface area contributed by atoms with E-state index in [4.69, 9.17) is 0 Å². The third kappa shape index (κ3) is 2.60. The van der Waals surface area contributed by atoms with Crippen LogP contribution in [-0.2, 0) is 9.59 Å². The molecule has 1 aliphatic heterocycles. The van der Waals surface area contributed by atoms with Gasteiger partial charge in [0.1, 0.15) is 0 Å². The first kappa shape index (κ1) is 16.3. The molecule has 0 aromatic heterocycles. The fourth-order valence-electron chi connectivity index (χ4n) is 3.98. The van der Waals surface area contributed by atoms with Crippen molar-refractivity contribution in [3.05, 3.63) is 90.0 Å². The van der Waals surface area contributed by atoms with E-state index in [0.29, 0.717) is 5.69 Å². The molecule has 4 heteroatoms. The Labute approximate surface area is 162 Å². The van der Waals surface area contributed by atoms with E-state index in [1.165, 1.54) is 27.2 Å². The minimum absolute atomic E-state index is 0.0786. The lowest BCUT2D eigenvalue weighted by Crippen LogP contribution is -2.31. The van der Waals surface area contributed by atoms with Crippen molar-refractivity contribution in [1.29, 1.82) is 0 Å². The lowest BCUT2D eigenvalue weighted by Gasteiger charge is -2.18. The van der Waals surface area contributed by atoms with Gasteiger partial charge in [-0.25, -0.2) is 4.90 Å². The van der Waals surface area contributed by atoms with E-state index in [-0.39, 0.29) is 28.7 Å². The first-order valence-corrected chi connectivity index (χ1v) is 9.94. The number of nitrogens with zero attached hydrogens (tertiary/aromatic N) is 1. The van der Waals surface area contributed by atoms with Gasteiger partial charge in [-0.1, -0.05) is 66.7 Å². The summed E-state index contributed by atoms with van der Waals surface area (Å²) in [5, 5.41) is -0.281. The second-order valence-electron chi connectivity index (χ2n) is 6.79. The largest absolute Gasteiger partial charge is 0.274 e. The Kier molecular flexibility index (Phi) is 3.87. The van der Waals surface area contributed by atoms with Gasteiger partial charge in [0.2, 0.25) is 11.8 Å². The van der Waals surface area contributed by atoms with Crippen LogP contribution in [0.1, 0.15) is 22.8 Å². The van der Waals surface area contributed by atoms with Crippen LogP contribution in [0.15, 0.2) is 78.9 Å². The van der Waals surface area contributed by atoms with Crippen molar-refractivity contribution < 1.29 is 9.59 Å². The molecule has 1 saturated heterocycles. The number of anilines is 1. The zero-order chi connectivity index (χ0) is 18.4. The average molecular weight is 371 g/mol. The highest BCUT2D eigenvalue weighted by Gasteiger charge is 2.42. The van der Waals surface area contributed by atoms with Crippen molar-refractivity contribution in [2.24, 2.45) is 0 Å². The first-order chi connectivity index (χ1) is 13.2. The van der Waals surface area contributed by atoms with Crippen molar-refractivity contribution >= 4 is 29.3 Å². The molecule has 1 aliphatic carbocycles. The summed E-state index contributed by atoms with van der Waals surface area (Å²) in [4.78, 5) is 26.9. The van der Waals surface area contributed by atoms with Gasteiger partial charge in [0, 0.05) is 6.42 Å². The summed E-state index contributed by atoms with van der Waals surface area (Å²) in [5.74, 6) is -0.235. The molecule has 1 heterocycles. The molecule has 3 aromatic carbocycles. The quantitative estimate of drug-likeness (QED) is 0.619. The molecule has 27 heavy (non-hydrogen) atoms. The molecule has 1 unspecified atom stereocenters. The second kappa shape index (κ2) is 6.39. The number of fused-ring (bicyclic) bond motifs is 3. The van der Waals surface area contributed by atoms with Gasteiger partial charge in [-0.2, -0.15) is 0 Å². The molecule has 0 radical (unpaired) electrons. The standard InChI is InChI=1S/C23H17NO2S/c25-21-14-20(23(26)24(21)15-8-2-1-3-9-15)27-22-18-12-6-4-10-16(18)17-11-5-7-13-19(17)22/h1-13,20,22H,14H2. The van der Waals surface area contributed by atoms with E-state index < -0.39 is 0 Å². The Morgan fingerprint density at radius 2 is 1.30 bits per heavy atom. The van der Waals surface area contributed by atoms with Gasteiger partial charge in [-0.15, -0.1) is 11.8 Å². The summed E-state index contributed by atoms with van der Waals surface area (Å²) in [5.41, 5.74) is 5.55. The number of rotatable bonds is 3. The van der Waals surface area contributed by atoms with Crippen LogP contribution in [0, 0.1) is 0 Å². The number of hydrogen-bond donors (Lipinski definition) is 0. The van der Waals surface area contributed by atoms with Crippen LogP contribution < -0.4 is 4.90 Å². The van der Waals surface area contributed by atoms with Gasteiger partial charge >= 0.3 is 0 Å². The maximum Gasteiger partial charge on any atom is 0.247 e. The Morgan fingerprint density at radius 3 is 1.93 bits per heavy atom. The first-order valence-electron chi connectivity index (χ1n) is 8.99. The molecule has 0 spiro atoms. The summed E-state index contributed by atoms with van der Waals surface area (Å²) in [7, 11) is 0. The number of imide groups is 1. The molecule has 2 amide bonds. The third-order valence-electron chi connectivity index (χ3n) is 5.20. The van der Waals surface area contributed by atoms with Crippen LogP contribution in [0.4, 0.5) is 5.69 Å². The lowest BCUT2D eigenvalue weighted by atomic mass is 10.1. The van der Waals surface area contributed by atoms with Gasteiger partial charge in [0.15, 0.2) is 0 Å². The number of hydrogen-bond acceptors (Lipinski definition) is 3. The maximum absolute atomic E-state index is 13.0. The van der Waals surface area contributed by atoms with Gasteiger partial charge in [0.25, 0.3) is 0 Å². The predicted octanol–water partition coefficient (Wildman–Crippen LogP) is 4.82. The average Bonchev–Trinajstić information content (AvgIpc) is 3.17. The van der Waals surface area contributed by atoms with Gasteiger partial charge < -0.3 is 0 Å². The molecule has 3 aromatic rings. The van der Waals surface area contributed by atoms with E-state index in [9.17, 15) is 9.59 Å². The minimum Gasteiger partial charge on any atom is -0.274 e. The smallest absolute Gasteiger partial charge is 0.247 e. The maximum atomic E-state index is 13.0. The summed E-state index contributed by atoms with van der Waals surface area (Å²) >= 11 is 1.60. The van der Waals surface area contributed by atoms with Crippen molar-refractivity contribution in [3.63, 3.8) is 0 Å². The predicted molar refractivity (Wildman–Crippen MR) is 109 cm³/mol. The van der Waals surface area contributed by atoms with E-state index in [1.54, 1.807) is 11.8 Å². The zero-order valence-corrected chi connectivity index (χ0v) is 15.4. The number of para-hydroxylation sites is 1. The van der Waals surface area contributed by atoms with Crippen molar-refractivity contribution in [3.8, 4) is 11.1 Å². The van der Waals surface area contributed by atoms with Crippen LogP contribution >= 0.6 is 11.8 Å². The number of thioether (sulfide) groups is 1. The van der Waals surface area contributed by atoms with Crippen LogP contribution in [0.25, 0.3) is 11.1 Å². The van der Waals surface area contributed by atoms with Crippen LogP contribution in [-0.4, -0.2) is 17.1 Å². The molecule has 1 atom stereocenters. The van der Waals surface area contributed by atoms with E-state index in [2.05, 4.69) is 24.3 Å². The van der Waals surface area contributed by atoms with Crippen molar-refractivity contribution in [2.45, 2.75) is 16.9 Å². The number of carbonyl (C=O) groups excluding carboxylic acids is 2. The summed E-state index contributed by atoms with van der Waals surface area (Å²) in [6.45, 7) is 0. The SMILES string of the molecule is O=C1CC(SC2c3ccccc3-c3ccccc32)C(=O)N1c1ccccc1. The van der Waals surface area contributed by atoms with Crippen LogP contribution in [0.5, 0.6) is 0 Å². The van der Waals surface area contributed by atoms with Gasteiger partial charge in [-0.05, 0) is 34.4 Å². The van der Waals surface area contributed by atoms with Gasteiger partial charge in [0.05, 0.1) is 16.2 Å². The highest BCUT2D eigenvalue weighted by atomic mass is 32.2. The minimum atomic E-state index is -0.359. The van der Waals surface area contributed by atoms with Crippen molar-refractivity contribution in [1.82, 2.24) is 0 Å². The Balaban J connectivity index is 1.48. The summed E-state index contributed by atoms with van der Waals surface area (Å²) < 4.78 is 0. The summed E-state index contributed by atoms with van der Waals surface area (Å²) in [6, 6.07) is 25.9. The van der Waals surface area contributed by atoms with E-state index in [0.717, 1.165) is 0 Å². The fourth-order valence-corrected chi connectivity index (χ4v) is 5.47. The Morgan fingerprint density at radius 1 is 0.741 bits per heavy atom. The highest BCUT2D eigenvalue weighted by Crippen LogP contribution is 2.52. The molecular weight excluding hydrogens is 354 g/mol. The topological polar surface area (TPSA) is 37.4 Å². The van der Waals surface area contributed by atoms with E-state index >= 15 is 0 Å². The van der Waals surface area contributed by atoms with Crippen LogP contribution in [0.3, 0.4) is 0 Å². The lowest BCUT2D eigenvalue weighted by molar-refractivity contribution is -0.121. The molecule has 0 saturated carbocycles. The van der Waals surface area contributed by atoms with Crippen molar-refractivity contribution in [2.75, 3.05) is 4.90 Å². The number of carbonyl (C=O) groups is 2. The Bertz CT molecular complexity index is 1000. The molecule has 1 fully saturated rings. The summed E-state index contributed by atoms with van der Waals surface area (Å²) in [6.07, 6.45) is 0.249. The zero-order valence-electron chi connectivity index (χ0n) is 14.5. The normalized spacial score (nSPS) is 18.7. The molecule has 3 nitrogen and oxygen atoms in total. The second-order valence-corrected chi connectivity index (χ2v) is 8.10. The fraction of sp³-hybridized carbons (Fsp3) is 0.130. The number of amides is 2. The third-order valence-corrected chi connectivity index (χ3v) is 6.67. The molecule has 2 aliphatic rings. The molecule has 0 bridgehead atoms. The van der Waals surface area contributed by atoms with Gasteiger partial charge in [-0.3, -0.25) is 9.59 Å². The highest BCUT2D eigenvalue weighted by molar-refractivity contribution is 8.01. The molecular formula is C23H17NO2S. The van der Waals surface area contributed by atoms with Crippen LogP contribution in [0.2, 0.25) is 0 Å². The monoisotopic (exact) mass is 371 g/mol. The molecule has 132 valence electrons. The Hall–Kier alpha value is -2.85.